The van der Waals surface area contributed by atoms with Gasteiger partial charge < -0.3 is 20.7 Å². The van der Waals surface area contributed by atoms with Crippen LogP contribution >= 0.6 is 0 Å². The van der Waals surface area contributed by atoms with Crippen LogP contribution in [0.2, 0.25) is 0 Å². The van der Waals surface area contributed by atoms with Gasteiger partial charge >= 0.3 is 0 Å². The second-order valence-corrected chi connectivity index (χ2v) is 10.8. The van der Waals surface area contributed by atoms with E-state index in [1.54, 1.807) is 6.07 Å². The highest BCUT2D eigenvalue weighted by Gasteiger charge is 2.37. The smallest absolute Gasteiger partial charge is 0.250 e. The largest absolute Gasteiger partial charge is 0.395 e. The number of benzene rings is 1. The zero-order valence-corrected chi connectivity index (χ0v) is 21.1. The molecule has 2 aliphatic rings. The summed E-state index contributed by atoms with van der Waals surface area (Å²) in [5.41, 5.74) is 11.9. The molecule has 0 fully saturated rings. The maximum absolute atomic E-state index is 13.2. The van der Waals surface area contributed by atoms with Crippen molar-refractivity contribution in [2.75, 3.05) is 25.0 Å². The Balaban J connectivity index is 1.94. The molecule has 4 N–H and O–H groups in total. The van der Waals surface area contributed by atoms with Crippen molar-refractivity contribution in [1.82, 2.24) is 9.47 Å². The Morgan fingerprint density at radius 2 is 1.97 bits per heavy atom. The van der Waals surface area contributed by atoms with E-state index in [1.165, 1.54) is 0 Å². The highest BCUT2D eigenvalue weighted by atomic mass is 16.3. The van der Waals surface area contributed by atoms with Crippen LogP contribution in [0.3, 0.4) is 0 Å². The van der Waals surface area contributed by atoms with Gasteiger partial charge in [0, 0.05) is 53.4 Å². The number of nitrogens with zero attached hydrogens (tertiary/aromatic N) is 2. The van der Waals surface area contributed by atoms with Gasteiger partial charge in [-0.1, -0.05) is 13.8 Å². The molecular formula is C27H38N4O3. The van der Waals surface area contributed by atoms with Crippen molar-refractivity contribution in [2.24, 2.45) is 11.1 Å². The molecule has 0 radical (unpaired) electrons. The number of fused-ring (bicyclic) bond motifs is 6. The van der Waals surface area contributed by atoms with Crippen LogP contribution in [0.25, 0.3) is 5.69 Å². The summed E-state index contributed by atoms with van der Waals surface area (Å²) in [6.45, 7) is 12.1. The van der Waals surface area contributed by atoms with Gasteiger partial charge in [-0.3, -0.25) is 14.5 Å². The van der Waals surface area contributed by atoms with E-state index in [0.29, 0.717) is 24.2 Å². The summed E-state index contributed by atoms with van der Waals surface area (Å²) in [5.74, 6) is -0.264. The summed E-state index contributed by atoms with van der Waals surface area (Å²) in [6.07, 6.45) is 3.12. The minimum atomic E-state index is -0.476. The fraction of sp³-hybridized carbons (Fsp3) is 0.556. The van der Waals surface area contributed by atoms with Crippen LogP contribution in [-0.4, -0.2) is 58.0 Å². The highest BCUT2D eigenvalue weighted by Crippen LogP contribution is 2.40. The Morgan fingerprint density at radius 3 is 2.65 bits per heavy atom. The monoisotopic (exact) mass is 466 g/mol. The Morgan fingerprint density at radius 1 is 1.24 bits per heavy atom. The lowest BCUT2D eigenvalue weighted by Gasteiger charge is -2.34. The highest BCUT2D eigenvalue weighted by molar-refractivity contribution is 6.01. The van der Waals surface area contributed by atoms with Gasteiger partial charge in [0.25, 0.3) is 5.91 Å². The van der Waals surface area contributed by atoms with E-state index < -0.39 is 5.91 Å². The van der Waals surface area contributed by atoms with Crippen molar-refractivity contribution < 1.29 is 14.7 Å². The van der Waals surface area contributed by atoms with Crippen LogP contribution in [0.5, 0.6) is 0 Å². The lowest BCUT2D eigenvalue weighted by atomic mass is 9.75. The van der Waals surface area contributed by atoms with Crippen LogP contribution in [0.1, 0.15) is 78.2 Å². The van der Waals surface area contributed by atoms with Gasteiger partial charge in [-0.25, -0.2) is 0 Å². The maximum Gasteiger partial charge on any atom is 0.250 e. The number of aromatic nitrogens is 1. The van der Waals surface area contributed by atoms with Crippen LogP contribution in [0, 0.1) is 12.3 Å². The molecule has 2 aromatic rings. The number of nitrogens with one attached hydrogen (secondary N) is 1. The molecule has 1 amide bonds. The number of Topliss-reactive ketones (excluding diaryl/α,β-unsaturated/α-hetero) is 1. The normalized spacial score (nSPS) is 22.7. The molecule has 0 saturated heterocycles. The fourth-order valence-electron chi connectivity index (χ4n) is 5.78. The molecule has 2 atom stereocenters. The molecule has 2 bridgehead atoms. The molecule has 184 valence electrons. The Kier molecular flexibility index (Phi) is 6.62. The van der Waals surface area contributed by atoms with E-state index in [-0.39, 0.29) is 29.9 Å². The predicted octanol–water partition coefficient (Wildman–Crippen LogP) is 3.47. The Bertz CT molecular complexity index is 1120. The average molecular weight is 467 g/mol. The number of nitrogens with two attached hydrogens (primary N) is 1. The van der Waals surface area contributed by atoms with Crippen molar-refractivity contribution >= 4 is 17.4 Å². The number of carbonyl (C=O) groups is 2. The van der Waals surface area contributed by atoms with Crippen molar-refractivity contribution in [1.29, 1.82) is 0 Å². The van der Waals surface area contributed by atoms with Crippen molar-refractivity contribution in [2.45, 2.75) is 72.4 Å². The fourth-order valence-corrected chi connectivity index (χ4v) is 5.78. The molecule has 0 saturated carbocycles. The third-order valence-corrected chi connectivity index (χ3v) is 7.66. The van der Waals surface area contributed by atoms with Crippen LogP contribution in [0.15, 0.2) is 18.2 Å². The third-order valence-electron chi connectivity index (χ3n) is 7.66. The van der Waals surface area contributed by atoms with E-state index in [2.05, 4.69) is 49.4 Å². The number of aliphatic hydroxyl groups excluding tert-OH is 1. The zero-order chi connectivity index (χ0) is 24.8. The number of rotatable bonds is 3. The minimum Gasteiger partial charge on any atom is -0.395 e. The van der Waals surface area contributed by atoms with E-state index in [0.717, 1.165) is 54.0 Å². The van der Waals surface area contributed by atoms with Crippen LogP contribution < -0.4 is 11.1 Å². The van der Waals surface area contributed by atoms with Gasteiger partial charge in [-0.05, 0) is 75.8 Å². The van der Waals surface area contributed by atoms with E-state index in [9.17, 15) is 14.7 Å². The molecule has 0 unspecified atom stereocenters. The lowest BCUT2D eigenvalue weighted by molar-refractivity contribution is 0.0909. The van der Waals surface area contributed by atoms with E-state index >= 15 is 0 Å². The SMILES string of the molecule is Cc1c2c(n3c1CCCN(CCO)[C@@H](C)[C@H](C)Nc1cc-3ccc1C(N)=O)CC(C)(C)CC2=O. The topological polar surface area (TPSA) is 101 Å². The first-order valence-corrected chi connectivity index (χ1v) is 12.4. The number of hydrogen-bond acceptors (Lipinski definition) is 5. The summed E-state index contributed by atoms with van der Waals surface area (Å²) in [6, 6.07) is 5.89. The number of anilines is 1. The number of amides is 1. The summed E-state index contributed by atoms with van der Waals surface area (Å²) in [5, 5.41) is 13.2. The number of β-amino-alcohol motifs (C(OH)–C–C–N with tert-alkyl or cyclic N) is 1. The van der Waals surface area contributed by atoms with Crippen LogP contribution in [-0.2, 0) is 12.8 Å². The van der Waals surface area contributed by atoms with Crippen molar-refractivity contribution in [3.05, 3.63) is 46.3 Å². The molecule has 1 aromatic heterocycles. The number of hydrogen-bond donors (Lipinski definition) is 3. The lowest BCUT2D eigenvalue weighted by Crippen LogP contribution is -2.45. The van der Waals surface area contributed by atoms with Gasteiger partial charge in [0.2, 0.25) is 0 Å². The quantitative estimate of drug-likeness (QED) is 0.643. The van der Waals surface area contributed by atoms with Crippen molar-refractivity contribution in [3.63, 3.8) is 0 Å². The number of ketones is 1. The summed E-state index contributed by atoms with van der Waals surface area (Å²) >= 11 is 0. The average Bonchev–Trinajstić information content (AvgIpc) is 3.02. The number of primary amides is 1. The predicted molar refractivity (Wildman–Crippen MR) is 135 cm³/mol. The first kappa shape index (κ1) is 24.5. The van der Waals surface area contributed by atoms with Gasteiger partial charge in [0.15, 0.2) is 5.78 Å². The molecule has 7 nitrogen and oxygen atoms in total. The molecule has 4 rings (SSSR count). The van der Waals surface area contributed by atoms with Gasteiger partial charge in [0.1, 0.15) is 0 Å². The first-order chi connectivity index (χ1) is 16.0. The second-order valence-electron chi connectivity index (χ2n) is 10.8. The summed E-state index contributed by atoms with van der Waals surface area (Å²) in [4.78, 5) is 27.8. The third kappa shape index (κ3) is 4.39. The molecule has 1 aliphatic carbocycles. The number of aliphatic hydroxyl groups is 1. The molecule has 7 heteroatoms. The minimum absolute atomic E-state index is 0.0274. The van der Waals surface area contributed by atoms with E-state index in [4.69, 9.17) is 5.73 Å². The molecule has 2 heterocycles. The molecule has 1 aliphatic heterocycles. The zero-order valence-electron chi connectivity index (χ0n) is 21.1. The van der Waals surface area contributed by atoms with Crippen molar-refractivity contribution in [3.8, 4) is 5.69 Å². The van der Waals surface area contributed by atoms with Gasteiger partial charge in [-0.15, -0.1) is 0 Å². The maximum atomic E-state index is 13.2. The number of carbonyl (C=O) groups excluding carboxylic acids is 2. The van der Waals surface area contributed by atoms with Crippen LogP contribution in [0.4, 0.5) is 5.69 Å². The molecule has 1 aromatic carbocycles. The second kappa shape index (κ2) is 9.19. The summed E-state index contributed by atoms with van der Waals surface area (Å²) < 4.78 is 2.26. The first-order valence-electron chi connectivity index (χ1n) is 12.4. The Labute approximate surface area is 202 Å². The van der Waals surface area contributed by atoms with E-state index in [1.807, 2.05) is 12.1 Å². The molecule has 0 spiro atoms. The summed E-state index contributed by atoms with van der Waals surface area (Å²) in [7, 11) is 0. The molecular weight excluding hydrogens is 428 g/mol. The standard InChI is InChI=1S/C27H38N4O3/c1-16-22-7-6-10-30(11-12-32)18(3)17(2)29-21-13-19(8-9-20(21)26(28)34)31(22)23-14-27(4,5)15-24(33)25(16)23/h8-9,13,17-18,29,32H,6-7,10-12,14-15H2,1-5H3,(H2,28,34)/t17-,18-/m0/s1. The molecule has 34 heavy (non-hydrogen) atoms. The Hall–Kier alpha value is -2.64. The van der Waals surface area contributed by atoms with Gasteiger partial charge in [-0.2, -0.15) is 0 Å². The van der Waals surface area contributed by atoms with Gasteiger partial charge in [0.05, 0.1) is 12.2 Å².